The molecule has 1 aliphatic rings. The van der Waals surface area contributed by atoms with Crippen molar-refractivity contribution in [2.75, 3.05) is 19.7 Å². The topological polar surface area (TPSA) is 81.6 Å². The Labute approximate surface area is 133 Å². The van der Waals surface area contributed by atoms with Crippen LogP contribution < -0.4 is 4.74 Å². The van der Waals surface area contributed by atoms with E-state index in [1.54, 1.807) is 11.8 Å². The maximum Gasteiger partial charge on any atom is 0.316 e. The Morgan fingerprint density at radius 1 is 1.35 bits per heavy atom. The highest BCUT2D eigenvalue weighted by Gasteiger charge is 2.25. The fraction of sp³-hybridized carbons (Fsp3) is 0.600. The average molecular weight is 325 g/mol. The van der Waals surface area contributed by atoms with E-state index in [-0.39, 0.29) is 36.8 Å². The minimum atomic E-state index is -0.531. The molecule has 1 fully saturated rings. The molecule has 1 amide bonds. The maximum atomic E-state index is 12.8. The Balaban J connectivity index is 1.81. The molecule has 1 saturated heterocycles. The van der Waals surface area contributed by atoms with Crippen LogP contribution in [0.3, 0.4) is 0 Å². The van der Waals surface area contributed by atoms with Gasteiger partial charge in [0.15, 0.2) is 5.82 Å². The Morgan fingerprint density at radius 3 is 2.78 bits per heavy atom. The summed E-state index contributed by atoms with van der Waals surface area (Å²) in [4.78, 5) is 32.6. The molecule has 0 radical (unpaired) electrons. The monoisotopic (exact) mass is 325 g/mol. The van der Waals surface area contributed by atoms with E-state index in [4.69, 9.17) is 9.47 Å². The van der Waals surface area contributed by atoms with Crippen molar-refractivity contribution in [3.05, 3.63) is 18.2 Å². The zero-order chi connectivity index (χ0) is 16.7. The highest BCUT2D eigenvalue weighted by atomic mass is 19.1. The van der Waals surface area contributed by atoms with Gasteiger partial charge in [-0.2, -0.15) is 0 Å². The fourth-order valence-electron chi connectivity index (χ4n) is 2.37. The number of nitrogens with zero attached hydrogens (tertiary/aromatic N) is 3. The van der Waals surface area contributed by atoms with Gasteiger partial charge in [0.25, 0.3) is 0 Å². The molecular weight excluding hydrogens is 305 g/mol. The summed E-state index contributed by atoms with van der Waals surface area (Å²) in [5.41, 5.74) is 0. The molecule has 126 valence electrons. The molecule has 1 aliphatic heterocycles. The van der Waals surface area contributed by atoms with Crippen molar-refractivity contribution in [1.29, 1.82) is 0 Å². The smallest absolute Gasteiger partial charge is 0.316 e. The first-order valence-electron chi connectivity index (χ1n) is 7.66. The molecule has 0 bridgehead atoms. The Morgan fingerprint density at radius 2 is 2.09 bits per heavy atom. The van der Waals surface area contributed by atoms with Crippen LogP contribution in [0.5, 0.6) is 6.01 Å². The van der Waals surface area contributed by atoms with Crippen LogP contribution in [-0.2, 0) is 14.3 Å². The second-order valence-electron chi connectivity index (χ2n) is 5.21. The van der Waals surface area contributed by atoms with Gasteiger partial charge in [-0.05, 0) is 19.8 Å². The minimum Gasteiger partial charge on any atom is -0.466 e. The van der Waals surface area contributed by atoms with E-state index in [0.29, 0.717) is 19.7 Å². The molecule has 7 nitrogen and oxygen atoms in total. The number of rotatable bonds is 6. The summed E-state index contributed by atoms with van der Waals surface area (Å²) in [6, 6.07) is 0.0947. The highest BCUT2D eigenvalue weighted by molar-refractivity contribution is 5.81. The van der Waals surface area contributed by atoms with Gasteiger partial charge in [0, 0.05) is 13.0 Å². The Bertz CT molecular complexity index is 538. The predicted molar refractivity (Wildman–Crippen MR) is 78.1 cm³/mol. The van der Waals surface area contributed by atoms with Gasteiger partial charge in [0.1, 0.15) is 6.10 Å². The molecule has 2 rings (SSSR count). The zero-order valence-corrected chi connectivity index (χ0v) is 13.0. The summed E-state index contributed by atoms with van der Waals surface area (Å²) in [7, 11) is 0. The molecular formula is C15H20FN3O4. The Kier molecular flexibility index (Phi) is 6.25. The SMILES string of the molecule is CCOC(=O)CCC(=O)N1CCCC(Oc2ncc(F)cn2)C1. The van der Waals surface area contributed by atoms with Crippen molar-refractivity contribution < 1.29 is 23.5 Å². The summed E-state index contributed by atoms with van der Waals surface area (Å²) in [6.07, 6.45) is 3.59. The van der Waals surface area contributed by atoms with Gasteiger partial charge in [0.05, 0.1) is 32.0 Å². The molecule has 0 spiro atoms. The molecule has 1 atom stereocenters. The molecule has 0 aliphatic carbocycles. The number of hydrogen-bond donors (Lipinski definition) is 0. The van der Waals surface area contributed by atoms with Crippen LogP contribution in [0.15, 0.2) is 12.4 Å². The third kappa shape index (κ3) is 5.46. The van der Waals surface area contributed by atoms with Gasteiger partial charge in [-0.3, -0.25) is 9.59 Å². The maximum absolute atomic E-state index is 12.8. The zero-order valence-electron chi connectivity index (χ0n) is 13.0. The van der Waals surface area contributed by atoms with E-state index in [2.05, 4.69) is 9.97 Å². The number of hydrogen-bond acceptors (Lipinski definition) is 6. The standard InChI is InChI=1S/C15H20FN3O4/c1-2-22-14(21)6-5-13(20)19-7-3-4-12(10-19)23-15-17-8-11(16)9-18-15/h8-9,12H,2-7,10H2,1H3. The van der Waals surface area contributed by atoms with E-state index in [9.17, 15) is 14.0 Å². The van der Waals surface area contributed by atoms with E-state index in [0.717, 1.165) is 25.2 Å². The third-order valence-corrected chi connectivity index (χ3v) is 3.45. The van der Waals surface area contributed by atoms with Gasteiger partial charge in [-0.15, -0.1) is 0 Å². The molecule has 23 heavy (non-hydrogen) atoms. The highest BCUT2D eigenvalue weighted by Crippen LogP contribution is 2.16. The van der Waals surface area contributed by atoms with E-state index in [1.165, 1.54) is 0 Å². The number of ether oxygens (including phenoxy) is 2. The number of aromatic nitrogens is 2. The molecule has 1 aromatic rings. The van der Waals surface area contributed by atoms with E-state index >= 15 is 0 Å². The fourth-order valence-corrected chi connectivity index (χ4v) is 2.37. The van der Waals surface area contributed by atoms with Crippen LogP contribution in [0.25, 0.3) is 0 Å². The van der Waals surface area contributed by atoms with Gasteiger partial charge >= 0.3 is 12.0 Å². The summed E-state index contributed by atoms with van der Waals surface area (Å²) in [6.45, 7) is 3.07. The summed E-state index contributed by atoms with van der Waals surface area (Å²) in [5.74, 6) is -1.01. The van der Waals surface area contributed by atoms with Crippen molar-refractivity contribution in [3.63, 3.8) is 0 Å². The number of amides is 1. The largest absolute Gasteiger partial charge is 0.466 e. The number of piperidine rings is 1. The summed E-state index contributed by atoms with van der Waals surface area (Å²) >= 11 is 0. The Hall–Kier alpha value is -2.25. The van der Waals surface area contributed by atoms with Crippen molar-refractivity contribution in [2.45, 2.75) is 38.7 Å². The van der Waals surface area contributed by atoms with Crippen molar-refractivity contribution >= 4 is 11.9 Å². The number of esters is 1. The van der Waals surface area contributed by atoms with Crippen LogP contribution in [0.4, 0.5) is 4.39 Å². The van der Waals surface area contributed by atoms with Crippen molar-refractivity contribution in [3.8, 4) is 6.01 Å². The number of carbonyl (C=O) groups excluding carboxylic acids is 2. The molecule has 0 saturated carbocycles. The lowest BCUT2D eigenvalue weighted by Gasteiger charge is -2.32. The van der Waals surface area contributed by atoms with E-state index in [1.807, 2.05) is 0 Å². The van der Waals surface area contributed by atoms with Crippen LogP contribution >= 0.6 is 0 Å². The number of likely N-dealkylation sites (tertiary alicyclic amines) is 1. The van der Waals surface area contributed by atoms with Crippen molar-refractivity contribution in [2.24, 2.45) is 0 Å². The summed E-state index contributed by atoms with van der Waals surface area (Å²) < 4.78 is 23.2. The number of halogens is 1. The first-order chi connectivity index (χ1) is 11.1. The van der Waals surface area contributed by atoms with E-state index < -0.39 is 5.82 Å². The minimum absolute atomic E-state index is 0.0791. The lowest BCUT2D eigenvalue weighted by atomic mass is 10.1. The second-order valence-corrected chi connectivity index (χ2v) is 5.21. The molecule has 1 unspecified atom stereocenters. The first-order valence-corrected chi connectivity index (χ1v) is 7.66. The van der Waals surface area contributed by atoms with Gasteiger partial charge in [0.2, 0.25) is 5.91 Å². The quantitative estimate of drug-likeness (QED) is 0.734. The molecule has 8 heteroatoms. The normalized spacial score (nSPS) is 17.7. The molecule has 1 aromatic heterocycles. The average Bonchev–Trinajstić information content (AvgIpc) is 2.55. The van der Waals surface area contributed by atoms with Crippen molar-refractivity contribution in [1.82, 2.24) is 14.9 Å². The lowest BCUT2D eigenvalue weighted by Crippen LogP contribution is -2.44. The number of carbonyl (C=O) groups is 2. The third-order valence-electron chi connectivity index (χ3n) is 3.45. The summed E-state index contributed by atoms with van der Waals surface area (Å²) in [5, 5.41) is 0. The van der Waals surface area contributed by atoms with Gasteiger partial charge in [-0.25, -0.2) is 14.4 Å². The molecule has 0 N–H and O–H groups in total. The molecule has 0 aromatic carbocycles. The van der Waals surface area contributed by atoms with Crippen LogP contribution in [0.1, 0.15) is 32.6 Å². The molecule has 2 heterocycles. The van der Waals surface area contributed by atoms with Crippen LogP contribution in [0, 0.1) is 5.82 Å². The van der Waals surface area contributed by atoms with Crippen LogP contribution in [0.2, 0.25) is 0 Å². The lowest BCUT2D eigenvalue weighted by molar-refractivity contribution is -0.146. The van der Waals surface area contributed by atoms with Gasteiger partial charge in [-0.1, -0.05) is 0 Å². The van der Waals surface area contributed by atoms with Gasteiger partial charge < -0.3 is 14.4 Å². The second kappa shape index (κ2) is 8.40. The predicted octanol–water partition coefficient (Wildman–Crippen LogP) is 1.33. The first kappa shape index (κ1) is 17.1. The van der Waals surface area contributed by atoms with Crippen LogP contribution in [-0.4, -0.2) is 52.5 Å².